The topological polar surface area (TPSA) is 53.7 Å². The van der Waals surface area contributed by atoms with E-state index in [1.54, 1.807) is 9.69 Å². The number of amides is 1. The quantitative estimate of drug-likeness (QED) is 0.228. The second-order valence-corrected chi connectivity index (χ2v) is 11.0. The van der Waals surface area contributed by atoms with Gasteiger partial charge in [0, 0.05) is 49.7 Å². The lowest BCUT2D eigenvalue weighted by Gasteiger charge is -2.26. The van der Waals surface area contributed by atoms with Crippen molar-refractivity contribution >= 4 is 22.9 Å². The largest absolute Gasteiger partial charge is 0.372 e. The normalized spacial score (nSPS) is 16.8. The summed E-state index contributed by atoms with van der Waals surface area (Å²) in [6, 6.07) is 27.4. The molecule has 7 nitrogen and oxygen atoms in total. The van der Waals surface area contributed by atoms with E-state index in [1.807, 2.05) is 98.3 Å². The van der Waals surface area contributed by atoms with Crippen LogP contribution in [-0.4, -0.2) is 46.5 Å². The molecule has 0 aliphatic carbocycles. The van der Waals surface area contributed by atoms with Crippen LogP contribution >= 0.6 is 0 Å². The maximum atomic E-state index is 14.3. The van der Waals surface area contributed by atoms with E-state index in [-0.39, 0.29) is 17.5 Å². The Morgan fingerprint density at radius 3 is 1.88 bits per heavy atom. The van der Waals surface area contributed by atoms with Gasteiger partial charge in [-0.15, -0.1) is 0 Å². The van der Waals surface area contributed by atoms with Crippen molar-refractivity contribution < 1.29 is 4.79 Å². The van der Waals surface area contributed by atoms with Gasteiger partial charge in [0.15, 0.2) is 0 Å². The van der Waals surface area contributed by atoms with E-state index >= 15 is 0 Å². The minimum absolute atomic E-state index is 0.122. The van der Waals surface area contributed by atoms with Gasteiger partial charge in [-0.25, -0.2) is 14.7 Å². The molecular formula is C35H41N5O2. The van der Waals surface area contributed by atoms with Gasteiger partial charge in [0.25, 0.3) is 11.5 Å². The molecule has 1 atom stereocenters. The summed E-state index contributed by atoms with van der Waals surface area (Å²) in [6.45, 7) is 10.3. The summed E-state index contributed by atoms with van der Waals surface area (Å²) in [4.78, 5) is 31.1. The molecule has 1 aromatic heterocycles. The zero-order valence-electron chi connectivity index (χ0n) is 25.5. The SMILES string of the molecule is CCCN(CCC)c1ccc(C(=C2C(=O)N(c3ccccc3)N(C)C2C)c2c(C)n(C)n(-c3ccccc3)c2=O)cc1. The van der Waals surface area contributed by atoms with Crippen LogP contribution in [0.1, 0.15) is 50.4 Å². The van der Waals surface area contributed by atoms with Crippen molar-refractivity contribution in [2.24, 2.45) is 7.05 Å². The lowest BCUT2D eigenvalue weighted by molar-refractivity contribution is -0.115. The average Bonchev–Trinajstić information content (AvgIpc) is 3.36. The molecule has 1 unspecified atom stereocenters. The summed E-state index contributed by atoms with van der Waals surface area (Å²) in [6.07, 6.45) is 2.12. The standard InChI is InChI=1S/C35H41N5O2/c1-7-23-38(24-8-2)28-21-19-27(20-22-28)33(31-25(3)36(5)39(34(31)41)29-15-11-9-12-16-29)32-26(4)37(6)40(35(32)42)30-17-13-10-14-18-30/h9-22,25H,7-8,23-24H2,1-6H3. The lowest BCUT2D eigenvalue weighted by Crippen LogP contribution is -2.38. The number of aromatic nitrogens is 2. The second-order valence-electron chi connectivity index (χ2n) is 11.0. The van der Waals surface area contributed by atoms with Gasteiger partial charge in [0.2, 0.25) is 0 Å². The number of likely N-dealkylation sites (N-methyl/N-ethyl adjacent to an activating group) is 1. The molecule has 1 amide bonds. The van der Waals surface area contributed by atoms with E-state index in [0.29, 0.717) is 16.7 Å². The highest BCUT2D eigenvalue weighted by Gasteiger charge is 2.42. The van der Waals surface area contributed by atoms with Gasteiger partial charge in [-0.1, -0.05) is 62.4 Å². The first-order valence-electron chi connectivity index (χ1n) is 14.9. The molecule has 42 heavy (non-hydrogen) atoms. The lowest BCUT2D eigenvalue weighted by atomic mass is 9.90. The average molecular weight is 564 g/mol. The van der Waals surface area contributed by atoms with Crippen LogP contribution in [0.25, 0.3) is 11.3 Å². The van der Waals surface area contributed by atoms with Gasteiger partial charge < -0.3 is 4.90 Å². The Balaban J connectivity index is 1.75. The van der Waals surface area contributed by atoms with Crippen molar-refractivity contribution in [1.82, 2.24) is 14.4 Å². The van der Waals surface area contributed by atoms with Crippen molar-refractivity contribution in [2.45, 2.75) is 46.6 Å². The fraction of sp³-hybridized carbons (Fsp3) is 0.314. The third-order valence-corrected chi connectivity index (χ3v) is 8.30. The van der Waals surface area contributed by atoms with Gasteiger partial charge >= 0.3 is 0 Å². The monoisotopic (exact) mass is 563 g/mol. The van der Waals surface area contributed by atoms with Gasteiger partial charge in [-0.2, -0.15) is 0 Å². The Morgan fingerprint density at radius 2 is 1.33 bits per heavy atom. The number of hydrazine groups is 1. The van der Waals surface area contributed by atoms with Crippen LogP contribution in [0.5, 0.6) is 0 Å². The number of hydrogen-bond acceptors (Lipinski definition) is 4. The van der Waals surface area contributed by atoms with E-state index in [9.17, 15) is 9.59 Å². The highest BCUT2D eigenvalue weighted by molar-refractivity contribution is 6.15. The number of rotatable bonds is 9. The molecule has 1 saturated heterocycles. The molecule has 1 fully saturated rings. The number of nitrogens with zero attached hydrogens (tertiary/aromatic N) is 5. The zero-order chi connectivity index (χ0) is 30.0. The summed E-state index contributed by atoms with van der Waals surface area (Å²) in [5, 5.41) is 3.67. The molecule has 4 aromatic rings. The zero-order valence-corrected chi connectivity index (χ0v) is 25.5. The van der Waals surface area contributed by atoms with Crippen LogP contribution < -0.4 is 15.5 Å². The Morgan fingerprint density at radius 1 is 0.786 bits per heavy atom. The fourth-order valence-corrected chi connectivity index (χ4v) is 6.02. The van der Waals surface area contributed by atoms with Gasteiger partial charge in [-0.3, -0.25) is 14.3 Å². The summed E-state index contributed by atoms with van der Waals surface area (Å²) in [5.74, 6) is -0.122. The highest BCUT2D eigenvalue weighted by atomic mass is 16.2. The molecule has 0 bridgehead atoms. The first-order chi connectivity index (χ1) is 20.3. The van der Waals surface area contributed by atoms with Crippen LogP contribution in [0, 0.1) is 6.92 Å². The molecule has 0 saturated carbocycles. The molecule has 1 aliphatic rings. The summed E-state index contributed by atoms with van der Waals surface area (Å²) in [7, 11) is 3.82. The first kappa shape index (κ1) is 29.1. The minimum Gasteiger partial charge on any atom is -0.372 e. The Kier molecular flexibility index (Phi) is 8.50. The van der Waals surface area contributed by atoms with E-state index in [2.05, 4.69) is 43.0 Å². The first-order valence-corrected chi connectivity index (χ1v) is 14.9. The molecular weight excluding hydrogens is 522 g/mol. The molecule has 0 radical (unpaired) electrons. The van der Waals surface area contributed by atoms with Crippen LogP contribution in [-0.2, 0) is 11.8 Å². The Hall–Kier alpha value is -4.36. The predicted molar refractivity (Wildman–Crippen MR) is 172 cm³/mol. The Bertz CT molecular complexity index is 1630. The van der Waals surface area contributed by atoms with Gasteiger partial charge in [0.1, 0.15) is 0 Å². The van der Waals surface area contributed by atoms with Crippen molar-refractivity contribution in [3.8, 4) is 5.69 Å². The third-order valence-electron chi connectivity index (χ3n) is 8.30. The summed E-state index contributed by atoms with van der Waals surface area (Å²) in [5.41, 5.74) is 6.08. The molecule has 218 valence electrons. The summed E-state index contributed by atoms with van der Waals surface area (Å²) >= 11 is 0. The fourth-order valence-electron chi connectivity index (χ4n) is 6.02. The predicted octanol–water partition coefficient (Wildman–Crippen LogP) is 6.19. The van der Waals surface area contributed by atoms with Crippen LogP contribution in [0.3, 0.4) is 0 Å². The highest BCUT2D eigenvalue weighted by Crippen LogP contribution is 2.38. The number of carbonyl (C=O) groups is 1. The molecule has 0 spiro atoms. The third kappa shape index (κ3) is 5.09. The number of hydrogen-bond donors (Lipinski definition) is 0. The molecule has 0 N–H and O–H groups in total. The van der Waals surface area contributed by atoms with Crippen LogP contribution in [0.4, 0.5) is 11.4 Å². The van der Waals surface area contributed by atoms with Crippen LogP contribution in [0.15, 0.2) is 95.3 Å². The van der Waals surface area contributed by atoms with E-state index in [4.69, 9.17) is 0 Å². The van der Waals surface area contributed by atoms with Crippen molar-refractivity contribution in [3.63, 3.8) is 0 Å². The number of para-hydroxylation sites is 2. The van der Waals surface area contributed by atoms with Gasteiger partial charge in [0.05, 0.1) is 23.0 Å². The molecule has 7 heteroatoms. The number of benzene rings is 3. The van der Waals surface area contributed by atoms with Crippen molar-refractivity contribution in [3.05, 3.63) is 118 Å². The molecule has 1 aliphatic heterocycles. The van der Waals surface area contributed by atoms with E-state index in [0.717, 1.165) is 54.3 Å². The summed E-state index contributed by atoms with van der Waals surface area (Å²) < 4.78 is 3.57. The minimum atomic E-state index is -0.256. The smallest absolute Gasteiger partial charge is 0.279 e. The van der Waals surface area contributed by atoms with E-state index < -0.39 is 0 Å². The maximum absolute atomic E-state index is 14.3. The number of anilines is 2. The number of carbonyl (C=O) groups excluding carboxylic acids is 1. The molecule has 2 heterocycles. The van der Waals surface area contributed by atoms with Crippen molar-refractivity contribution in [2.75, 3.05) is 30.0 Å². The Labute approximate surface area is 248 Å². The molecule has 3 aromatic carbocycles. The second kappa shape index (κ2) is 12.2. The maximum Gasteiger partial charge on any atom is 0.279 e. The molecule has 5 rings (SSSR count). The van der Waals surface area contributed by atoms with Gasteiger partial charge in [-0.05, 0) is 68.7 Å². The van der Waals surface area contributed by atoms with E-state index in [1.165, 1.54) is 0 Å². The van der Waals surface area contributed by atoms with Crippen LogP contribution in [0.2, 0.25) is 0 Å². The van der Waals surface area contributed by atoms with Crippen molar-refractivity contribution in [1.29, 1.82) is 0 Å².